The van der Waals surface area contributed by atoms with Crippen molar-refractivity contribution in [2.75, 3.05) is 5.73 Å². The third-order valence-corrected chi connectivity index (χ3v) is 2.05. The normalized spacial score (nSPS) is 9.62. The number of nitrogens with two attached hydrogens (primary N) is 1. The predicted octanol–water partition coefficient (Wildman–Crippen LogP) is 1.16. The average molecular weight is 146 g/mol. The number of aromatic nitrogens is 1. The van der Waals surface area contributed by atoms with Gasteiger partial charge in [0.15, 0.2) is 0 Å². The second-order valence-electron chi connectivity index (χ2n) is 1.31. The van der Waals surface area contributed by atoms with E-state index >= 15 is 0 Å². The van der Waals surface area contributed by atoms with Gasteiger partial charge in [0.25, 0.3) is 0 Å². The van der Waals surface area contributed by atoms with E-state index in [1.165, 1.54) is 11.3 Å². The Morgan fingerprint density at radius 2 is 2.62 bits per heavy atom. The molecule has 2 N–H and O–H groups in total. The molecule has 0 aliphatic carbocycles. The number of thiazole rings is 1. The maximum atomic E-state index is 5.38. The van der Waals surface area contributed by atoms with Crippen LogP contribution in [0.15, 0.2) is 6.20 Å². The fourth-order valence-corrected chi connectivity index (χ4v) is 1.22. The zero-order valence-corrected chi connectivity index (χ0v) is 5.88. The van der Waals surface area contributed by atoms with E-state index in [9.17, 15) is 0 Å². The Kier molecular flexibility index (Phi) is 1.75. The van der Waals surface area contributed by atoms with Crippen molar-refractivity contribution >= 4 is 29.0 Å². The first-order valence-corrected chi connectivity index (χ1v) is 3.59. The molecule has 1 aromatic heterocycles. The molecule has 0 bridgehead atoms. The lowest BCUT2D eigenvalue weighted by molar-refractivity contribution is 1.28. The van der Waals surface area contributed by atoms with Crippen molar-refractivity contribution in [3.05, 3.63) is 11.2 Å². The summed E-state index contributed by atoms with van der Waals surface area (Å²) in [6, 6.07) is 0. The molecule has 8 heavy (non-hydrogen) atoms. The largest absolute Gasteiger partial charge is 0.389 e. The lowest BCUT2D eigenvalue weighted by Gasteiger charge is -1.77. The van der Waals surface area contributed by atoms with E-state index in [0.717, 1.165) is 10.0 Å². The van der Waals surface area contributed by atoms with Crippen LogP contribution < -0.4 is 5.73 Å². The van der Waals surface area contributed by atoms with E-state index in [1.807, 2.05) is 0 Å². The molecule has 1 heterocycles. The fourth-order valence-electron chi connectivity index (χ4n) is 0.397. The van der Waals surface area contributed by atoms with Gasteiger partial charge in [-0.25, -0.2) is 4.98 Å². The van der Waals surface area contributed by atoms with Gasteiger partial charge in [-0.3, -0.25) is 0 Å². The van der Waals surface area contributed by atoms with Crippen molar-refractivity contribution in [1.29, 1.82) is 0 Å². The highest BCUT2D eigenvalue weighted by Crippen LogP contribution is 2.15. The van der Waals surface area contributed by atoms with Gasteiger partial charge in [0, 0.05) is 5.75 Å². The number of rotatable bonds is 1. The number of hydrogen-bond donors (Lipinski definition) is 2. The first-order chi connectivity index (χ1) is 3.83. The molecular formula is C4H6N2S2. The Labute approximate surface area is 57.2 Å². The summed E-state index contributed by atoms with van der Waals surface area (Å²) < 4.78 is 0. The third kappa shape index (κ3) is 1.14. The maximum Gasteiger partial charge on any atom is 0.106 e. The molecular weight excluding hydrogens is 140 g/mol. The third-order valence-electron chi connectivity index (χ3n) is 0.707. The van der Waals surface area contributed by atoms with E-state index in [4.69, 9.17) is 5.73 Å². The summed E-state index contributed by atoms with van der Waals surface area (Å²) in [5.74, 6) is 0.682. The molecule has 0 unspecified atom stereocenters. The van der Waals surface area contributed by atoms with Crippen LogP contribution in [0.5, 0.6) is 0 Å². The SMILES string of the molecule is Nc1cnc(CS)s1. The number of nitrogen functional groups attached to an aromatic ring is 1. The highest BCUT2D eigenvalue weighted by atomic mass is 32.1. The minimum atomic E-state index is 0.682. The highest BCUT2D eigenvalue weighted by Gasteiger charge is 1.92. The Morgan fingerprint density at radius 3 is 2.88 bits per heavy atom. The molecule has 0 amide bonds. The van der Waals surface area contributed by atoms with Gasteiger partial charge in [-0.2, -0.15) is 12.6 Å². The lowest BCUT2D eigenvalue weighted by Crippen LogP contribution is -1.73. The Morgan fingerprint density at radius 1 is 1.88 bits per heavy atom. The summed E-state index contributed by atoms with van der Waals surface area (Å²) in [5.41, 5.74) is 5.38. The van der Waals surface area contributed by atoms with Crippen LogP contribution in [0.25, 0.3) is 0 Å². The Bertz CT molecular complexity index is 172. The molecule has 44 valence electrons. The van der Waals surface area contributed by atoms with Crippen molar-refractivity contribution in [1.82, 2.24) is 4.98 Å². The average Bonchev–Trinajstić information content (AvgIpc) is 2.14. The van der Waals surface area contributed by atoms with Gasteiger partial charge in [0.05, 0.1) is 6.20 Å². The zero-order valence-electron chi connectivity index (χ0n) is 4.16. The second kappa shape index (κ2) is 2.37. The van der Waals surface area contributed by atoms with Crippen LogP contribution in [0, 0.1) is 0 Å². The first-order valence-electron chi connectivity index (χ1n) is 2.14. The van der Waals surface area contributed by atoms with E-state index in [-0.39, 0.29) is 0 Å². The minimum Gasteiger partial charge on any atom is -0.389 e. The number of nitrogens with zero attached hydrogens (tertiary/aromatic N) is 1. The van der Waals surface area contributed by atoms with Crippen molar-refractivity contribution in [3.8, 4) is 0 Å². The molecule has 1 aromatic rings. The summed E-state index contributed by atoms with van der Waals surface area (Å²) in [5, 5.41) is 1.74. The number of anilines is 1. The molecule has 0 aliphatic heterocycles. The molecule has 0 radical (unpaired) electrons. The monoisotopic (exact) mass is 146 g/mol. The van der Waals surface area contributed by atoms with E-state index in [0.29, 0.717) is 5.75 Å². The molecule has 0 atom stereocenters. The van der Waals surface area contributed by atoms with Crippen LogP contribution in [0.1, 0.15) is 5.01 Å². The van der Waals surface area contributed by atoms with E-state index < -0.39 is 0 Å². The molecule has 0 fully saturated rings. The van der Waals surface area contributed by atoms with Crippen LogP contribution in [-0.4, -0.2) is 4.98 Å². The second-order valence-corrected chi connectivity index (χ2v) is 2.78. The summed E-state index contributed by atoms with van der Waals surface area (Å²) in [4.78, 5) is 3.95. The van der Waals surface area contributed by atoms with E-state index in [2.05, 4.69) is 17.6 Å². The summed E-state index contributed by atoms with van der Waals surface area (Å²) >= 11 is 5.49. The molecule has 0 aliphatic rings. The van der Waals surface area contributed by atoms with Gasteiger partial charge in [-0.05, 0) is 0 Å². The summed E-state index contributed by atoms with van der Waals surface area (Å²) in [7, 11) is 0. The number of thiol groups is 1. The summed E-state index contributed by atoms with van der Waals surface area (Å²) in [6.07, 6.45) is 1.65. The van der Waals surface area contributed by atoms with Crippen molar-refractivity contribution in [2.24, 2.45) is 0 Å². The van der Waals surface area contributed by atoms with Crippen LogP contribution in [-0.2, 0) is 5.75 Å². The topological polar surface area (TPSA) is 38.9 Å². The highest BCUT2D eigenvalue weighted by molar-refractivity contribution is 7.79. The molecule has 1 rings (SSSR count). The molecule has 0 saturated heterocycles. The smallest absolute Gasteiger partial charge is 0.106 e. The quantitative estimate of drug-likeness (QED) is 0.583. The van der Waals surface area contributed by atoms with Crippen molar-refractivity contribution in [3.63, 3.8) is 0 Å². The fraction of sp³-hybridized carbons (Fsp3) is 0.250. The summed E-state index contributed by atoms with van der Waals surface area (Å²) in [6.45, 7) is 0. The minimum absolute atomic E-state index is 0.682. The lowest BCUT2D eigenvalue weighted by atomic mass is 10.8. The van der Waals surface area contributed by atoms with Gasteiger partial charge in [0.1, 0.15) is 10.0 Å². The molecule has 4 heteroatoms. The standard InChI is InChI=1S/C4H6N2S2/c5-3-1-6-4(2-7)8-3/h1,7H,2,5H2. The predicted molar refractivity (Wildman–Crippen MR) is 39.2 cm³/mol. The van der Waals surface area contributed by atoms with Crippen LogP contribution in [0.3, 0.4) is 0 Å². The van der Waals surface area contributed by atoms with Gasteiger partial charge >= 0.3 is 0 Å². The van der Waals surface area contributed by atoms with E-state index in [1.54, 1.807) is 6.20 Å². The van der Waals surface area contributed by atoms with Gasteiger partial charge < -0.3 is 5.73 Å². The molecule has 0 spiro atoms. The Balaban J connectivity index is 2.84. The molecule has 0 saturated carbocycles. The van der Waals surface area contributed by atoms with Crippen LogP contribution in [0.2, 0.25) is 0 Å². The van der Waals surface area contributed by atoms with Crippen LogP contribution in [0.4, 0.5) is 5.00 Å². The molecule has 2 nitrogen and oxygen atoms in total. The van der Waals surface area contributed by atoms with Crippen molar-refractivity contribution < 1.29 is 0 Å². The first kappa shape index (κ1) is 5.91. The van der Waals surface area contributed by atoms with Gasteiger partial charge in [-0.15, -0.1) is 11.3 Å². The van der Waals surface area contributed by atoms with Gasteiger partial charge in [0.2, 0.25) is 0 Å². The zero-order chi connectivity index (χ0) is 5.98. The Hall–Kier alpha value is -0.220. The molecule has 0 aromatic carbocycles. The van der Waals surface area contributed by atoms with Crippen LogP contribution >= 0.6 is 24.0 Å². The maximum absolute atomic E-state index is 5.38. The van der Waals surface area contributed by atoms with Gasteiger partial charge in [-0.1, -0.05) is 0 Å². The van der Waals surface area contributed by atoms with Crippen molar-refractivity contribution in [2.45, 2.75) is 5.75 Å². The number of hydrogen-bond acceptors (Lipinski definition) is 4.